The van der Waals surface area contributed by atoms with Gasteiger partial charge in [0.25, 0.3) is 5.91 Å². The zero-order valence-corrected chi connectivity index (χ0v) is 13.2. The number of anilines is 1. The highest BCUT2D eigenvalue weighted by molar-refractivity contribution is 7.13. The monoisotopic (exact) mass is 308 g/mol. The van der Waals surface area contributed by atoms with Crippen molar-refractivity contribution in [2.75, 3.05) is 12.4 Å². The molecule has 1 aromatic carbocycles. The van der Waals surface area contributed by atoms with Gasteiger partial charge in [0.1, 0.15) is 4.88 Å². The predicted octanol–water partition coefficient (Wildman–Crippen LogP) is 3.97. The smallest absolute Gasteiger partial charge is 0.267 e. The maximum atomic E-state index is 13.7. The molecule has 0 bridgehead atoms. The first-order chi connectivity index (χ1) is 9.92. The van der Waals surface area contributed by atoms with Gasteiger partial charge < -0.3 is 10.1 Å². The second kappa shape index (κ2) is 6.22. The van der Waals surface area contributed by atoms with E-state index in [0.717, 1.165) is 10.6 Å². The van der Waals surface area contributed by atoms with Crippen LogP contribution in [0.1, 0.15) is 40.0 Å². The van der Waals surface area contributed by atoms with Gasteiger partial charge in [0.15, 0.2) is 11.6 Å². The summed E-state index contributed by atoms with van der Waals surface area (Å²) < 4.78 is 18.6. The lowest BCUT2D eigenvalue weighted by molar-refractivity contribution is 0.103. The van der Waals surface area contributed by atoms with Crippen LogP contribution in [0.3, 0.4) is 0 Å². The molecule has 0 aliphatic heterocycles. The summed E-state index contributed by atoms with van der Waals surface area (Å²) in [4.78, 5) is 16.9. The maximum absolute atomic E-state index is 13.7. The first-order valence-electron chi connectivity index (χ1n) is 6.53. The van der Waals surface area contributed by atoms with Gasteiger partial charge in [0.2, 0.25) is 0 Å². The van der Waals surface area contributed by atoms with E-state index >= 15 is 0 Å². The number of carbonyl (C=O) groups is 1. The summed E-state index contributed by atoms with van der Waals surface area (Å²) in [6, 6.07) is 2.81. The van der Waals surface area contributed by atoms with E-state index in [4.69, 9.17) is 4.74 Å². The van der Waals surface area contributed by atoms with E-state index in [-0.39, 0.29) is 17.6 Å². The summed E-state index contributed by atoms with van der Waals surface area (Å²) in [6.45, 7) is 5.82. The Morgan fingerprint density at radius 2 is 2.14 bits per heavy atom. The molecular formula is C15H17FN2O2S. The largest absolute Gasteiger partial charge is 0.494 e. The van der Waals surface area contributed by atoms with Gasteiger partial charge in [0.05, 0.1) is 18.3 Å². The Kier molecular flexibility index (Phi) is 4.57. The van der Waals surface area contributed by atoms with E-state index in [1.165, 1.54) is 24.5 Å². The van der Waals surface area contributed by atoms with E-state index < -0.39 is 5.82 Å². The quantitative estimate of drug-likeness (QED) is 0.929. The van der Waals surface area contributed by atoms with E-state index in [1.807, 2.05) is 13.8 Å². The van der Waals surface area contributed by atoms with Crippen molar-refractivity contribution in [1.29, 1.82) is 0 Å². The van der Waals surface area contributed by atoms with Gasteiger partial charge in [-0.25, -0.2) is 9.37 Å². The predicted molar refractivity (Wildman–Crippen MR) is 81.8 cm³/mol. The summed E-state index contributed by atoms with van der Waals surface area (Å²) in [5, 5.41) is 3.61. The van der Waals surface area contributed by atoms with E-state index in [9.17, 15) is 9.18 Å². The van der Waals surface area contributed by atoms with Gasteiger partial charge in [-0.1, -0.05) is 13.8 Å². The molecule has 2 aromatic rings. The third-order valence-corrected chi connectivity index (χ3v) is 4.28. The van der Waals surface area contributed by atoms with Crippen molar-refractivity contribution < 1.29 is 13.9 Å². The topological polar surface area (TPSA) is 51.2 Å². The summed E-state index contributed by atoms with van der Waals surface area (Å²) in [5.41, 5.74) is 1.16. The van der Waals surface area contributed by atoms with E-state index in [1.54, 1.807) is 19.2 Å². The molecule has 4 nitrogen and oxygen atoms in total. The highest BCUT2D eigenvalue weighted by Crippen LogP contribution is 2.27. The zero-order chi connectivity index (χ0) is 15.6. The Labute approximate surface area is 127 Å². The van der Waals surface area contributed by atoms with Crippen LogP contribution in [-0.4, -0.2) is 18.0 Å². The fraction of sp³-hybridized carbons (Fsp3) is 0.333. The molecule has 0 saturated carbocycles. The highest BCUT2D eigenvalue weighted by atomic mass is 32.1. The van der Waals surface area contributed by atoms with Gasteiger partial charge in [-0.2, -0.15) is 0 Å². The van der Waals surface area contributed by atoms with Crippen LogP contribution < -0.4 is 10.1 Å². The van der Waals surface area contributed by atoms with Crippen LogP contribution >= 0.6 is 11.3 Å². The van der Waals surface area contributed by atoms with Gasteiger partial charge in [-0.3, -0.25) is 4.79 Å². The summed E-state index contributed by atoms with van der Waals surface area (Å²) >= 11 is 1.34. The second-order valence-corrected chi connectivity index (χ2v) is 6.04. The Morgan fingerprint density at radius 1 is 1.43 bits per heavy atom. The van der Waals surface area contributed by atoms with Crippen molar-refractivity contribution >= 4 is 22.9 Å². The van der Waals surface area contributed by atoms with Crippen molar-refractivity contribution in [3.63, 3.8) is 0 Å². The molecule has 112 valence electrons. The third kappa shape index (κ3) is 3.39. The molecule has 1 heterocycles. The average molecular weight is 308 g/mol. The molecule has 21 heavy (non-hydrogen) atoms. The Bertz CT molecular complexity index is 668. The molecule has 1 amide bonds. The fourth-order valence-electron chi connectivity index (χ4n) is 1.79. The number of nitrogens with one attached hydrogen (secondary N) is 1. The minimum Gasteiger partial charge on any atom is -0.494 e. The second-order valence-electron chi connectivity index (χ2n) is 4.97. The molecule has 0 atom stereocenters. The van der Waals surface area contributed by atoms with Gasteiger partial charge in [0, 0.05) is 17.7 Å². The van der Waals surface area contributed by atoms with Crippen LogP contribution in [0.25, 0.3) is 0 Å². The number of nitrogens with zero attached hydrogens (tertiary/aromatic N) is 1. The number of ether oxygens (including phenoxy) is 1. The Hall–Kier alpha value is -1.95. The first-order valence-corrected chi connectivity index (χ1v) is 7.35. The number of methoxy groups -OCH3 is 1. The van der Waals surface area contributed by atoms with Crippen molar-refractivity contribution in [3.8, 4) is 5.75 Å². The number of halogens is 1. The molecule has 1 N–H and O–H groups in total. The number of amides is 1. The normalized spacial score (nSPS) is 10.8. The highest BCUT2D eigenvalue weighted by Gasteiger charge is 2.15. The van der Waals surface area contributed by atoms with Crippen molar-refractivity contribution in [3.05, 3.63) is 39.6 Å². The van der Waals surface area contributed by atoms with Gasteiger partial charge in [-0.15, -0.1) is 11.3 Å². The Balaban J connectivity index is 2.21. The van der Waals surface area contributed by atoms with Crippen molar-refractivity contribution in [2.45, 2.75) is 26.7 Å². The van der Waals surface area contributed by atoms with Crippen LogP contribution in [0, 0.1) is 12.7 Å². The van der Waals surface area contributed by atoms with Gasteiger partial charge >= 0.3 is 0 Å². The van der Waals surface area contributed by atoms with Crippen LogP contribution in [0.2, 0.25) is 0 Å². The average Bonchev–Trinajstić information content (AvgIpc) is 2.92. The number of aromatic nitrogens is 1. The number of rotatable bonds is 4. The number of hydrogen-bond donors (Lipinski definition) is 1. The molecular weight excluding hydrogens is 291 g/mol. The third-order valence-electron chi connectivity index (χ3n) is 2.99. The van der Waals surface area contributed by atoms with Gasteiger partial charge in [-0.05, 0) is 18.6 Å². The molecule has 0 radical (unpaired) electrons. The number of aryl methyl sites for hydroxylation is 1. The molecule has 0 spiro atoms. The summed E-state index contributed by atoms with van der Waals surface area (Å²) in [6.07, 6.45) is 1.55. The Morgan fingerprint density at radius 3 is 2.71 bits per heavy atom. The van der Waals surface area contributed by atoms with Crippen molar-refractivity contribution in [1.82, 2.24) is 4.98 Å². The van der Waals surface area contributed by atoms with Crippen molar-refractivity contribution in [2.24, 2.45) is 0 Å². The molecule has 0 unspecified atom stereocenters. The lowest BCUT2D eigenvalue weighted by Gasteiger charge is -2.10. The fourth-order valence-corrected chi connectivity index (χ4v) is 2.61. The van der Waals surface area contributed by atoms with Crippen LogP contribution in [-0.2, 0) is 0 Å². The number of thiazole rings is 1. The molecule has 0 fully saturated rings. The van der Waals surface area contributed by atoms with Crippen LogP contribution in [0.15, 0.2) is 18.3 Å². The number of carbonyl (C=O) groups excluding carboxylic acids is 1. The lowest BCUT2D eigenvalue weighted by atomic mass is 10.2. The lowest BCUT2D eigenvalue weighted by Crippen LogP contribution is -2.11. The van der Waals surface area contributed by atoms with Crippen LogP contribution in [0.5, 0.6) is 5.75 Å². The molecule has 0 aliphatic carbocycles. The molecule has 1 aromatic heterocycles. The minimum atomic E-state index is -0.509. The summed E-state index contributed by atoms with van der Waals surface area (Å²) in [5.74, 6) is -0.361. The number of benzene rings is 1. The first kappa shape index (κ1) is 15.4. The molecule has 0 saturated heterocycles. The SMILES string of the molecule is COc1cc(C)c(NC(=O)c2cnc(C(C)C)s2)cc1F. The maximum Gasteiger partial charge on any atom is 0.267 e. The molecule has 6 heteroatoms. The summed E-state index contributed by atoms with van der Waals surface area (Å²) in [7, 11) is 1.40. The van der Waals surface area contributed by atoms with Crippen LogP contribution in [0.4, 0.5) is 10.1 Å². The zero-order valence-electron chi connectivity index (χ0n) is 12.4. The van der Waals surface area contributed by atoms with E-state index in [0.29, 0.717) is 10.6 Å². The minimum absolute atomic E-state index is 0.158. The number of hydrogen-bond acceptors (Lipinski definition) is 4. The molecule has 0 aliphatic rings. The van der Waals surface area contributed by atoms with E-state index in [2.05, 4.69) is 10.3 Å². The standard InChI is InChI=1S/C15H17FN2O2S/c1-8(2)15-17-7-13(21-15)14(19)18-11-6-10(16)12(20-4)5-9(11)3/h5-8H,1-4H3,(H,18,19). The molecule has 2 rings (SSSR count).